The molecule has 1 fully saturated rings. The van der Waals surface area contributed by atoms with Crippen LogP contribution in [0.15, 0.2) is 12.3 Å². The molecule has 1 aliphatic heterocycles. The summed E-state index contributed by atoms with van der Waals surface area (Å²) >= 11 is 5.98. The number of ether oxygens (including phenoxy) is 1. The Balaban J connectivity index is 0.00000200. The fraction of sp³-hybridized carbons (Fsp3) is 0.538. The van der Waals surface area contributed by atoms with E-state index in [1.807, 2.05) is 6.07 Å². The zero-order valence-electron chi connectivity index (χ0n) is 11.6. The number of hydrogen-bond acceptors (Lipinski definition) is 4. The molecule has 1 aromatic rings. The fourth-order valence-corrected chi connectivity index (χ4v) is 2.04. The van der Waals surface area contributed by atoms with E-state index in [-0.39, 0.29) is 18.3 Å². The maximum Gasteiger partial charge on any atom is 0.217 e. The SMILES string of the molecule is CC(=O)NCc1cc(OC[C@@H]2CCN2C)cnc1Cl.Cl. The molecule has 112 valence electrons. The number of amides is 1. The number of pyridine rings is 1. The lowest BCUT2D eigenvalue weighted by atomic mass is 10.1. The molecule has 1 aromatic heterocycles. The van der Waals surface area contributed by atoms with Crippen molar-refractivity contribution in [2.24, 2.45) is 0 Å². The highest BCUT2D eigenvalue weighted by molar-refractivity contribution is 6.30. The molecular weight excluding hydrogens is 301 g/mol. The first-order valence-corrected chi connectivity index (χ1v) is 6.66. The molecule has 0 aliphatic carbocycles. The van der Waals surface area contributed by atoms with Gasteiger partial charge in [-0.05, 0) is 26.1 Å². The van der Waals surface area contributed by atoms with E-state index in [2.05, 4.69) is 22.2 Å². The van der Waals surface area contributed by atoms with Crippen LogP contribution in [0, 0.1) is 0 Å². The van der Waals surface area contributed by atoms with E-state index in [1.165, 1.54) is 6.92 Å². The third-order valence-corrected chi connectivity index (χ3v) is 3.64. The summed E-state index contributed by atoms with van der Waals surface area (Å²) in [6.45, 7) is 3.61. The smallest absolute Gasteiger partial charge is 0.217 e. The van der Waals surface area contributed by atoms with Gasteiger partial charge in [-0.15, -0.1) is 12.4 Å². The van der Waals surface area contributed by atoms with E-state index in [0.717, 1.165) is 18.5 Å². The summed E-state index contributed by atoms with van der Waals surface area (Å²) in [5.74, 6) is 0.587. The van der Waals surface area contributed by atoms with Crippen LogP contribution in [-0.4, -0.2) is 42.0 Å². The van der Waals surface area contributed by atoms with Crippen molar-refractivity contribution in [3.63, 3.8) is 0 Å². The number of aromatic nitrogens is 1. The quantitative estimate of drug-likeness (QED) is 0.842. The van der Waals surface area contributed by atoms with Crippen molar-refractivity contribution >= 4 is 29.9 Å². The predicted octanol–water partition coefficient (Wildman–Crippen LogP) is 1.88. The van der Waals surface area contributed by atoms with Crippen molar-refractivity contribution in [2.75, 3.05) is 20.2 Å². The van der Waals surface area contributed by atoms with Gasteiger partial charge in [-0.25, -0.2) is 4.98 Å². The van der Waals surface area contributed by atoms with Gasteiger partial charge in [-0.1, -0.05) is 11.6 Å². The van der Waals surface area contributed by atoms with Crippen LogP contribution in [0.3, 0.4) is 0 Å². The van der Waals surface area contributed by atoms with Crippen LogP contribution in [0.25, 0.3) is 0 Å². The van der Waals surface area contributed by atoms with E-state index in [9.17, 15) is 4.79 Å². The van der Waals surface area contributed by atoms with Crippen molar-refractivity contribution in [1.82, 2.24) is 15.2 Å². The van der Waals surface area contributed by atoms with Gasteiger partial charge in [0.05, 0.1) is 6.20 Å². The van der Waals surface area contributed by atoms with Crippen LogP contribution >= 0.6 is 24.0 Å². The summed E-state index contributed by atoms with van der Waals surface area (Å²) in [5.41, 5.74) is 0.760. The molecule has 1 saturated heterocycles. The largest absolute Gasteiger partial charge is 0.490 e. The van der Waals surface area contributed by atoms with E-state index in [1.54, 1.807) is 6.20 Å². The second-order valence-corrected chi connectivity index (χ2v) is 5.12. The molecule has 0 bridgehead atoms. The molecule has 7 heteroatoms. The number of carbonyl (C=O) groups excluding carboxylic acids is 1. The molecule has 1 N–H and O–H groups in total. The van der Waals surface area contributed by atoms with Gasteiger partial charge in [0.15, 0.2) is 0 Å². The van der Waals surface area contributed by atoms with Crippen LogP contribution in [0.5, 0.6) is 5.75 Å². The Labute approximate surface area is 130 Å². The first-order valence-electron chi connectivity index (χ1n) is 6.28. The number of nitrogens with one attached hydrogen (secondary N) is 1. The molecule has 2 heterocycles. The second kappa shape index (κ2) is 7.67. The number of likely N-dealkylation sites (N-methyl/N-ethyl adjacent to an activating group) is 1. The number of carbonyl (C=O) groups is 1. The minimum absolute atomic E-state index is 0. The van der Waals surface area contributed by atoms with E-state index in [4.69, 9.17) is 16.3 Å². The zero-order valence-corrected chi connectivity index (χ0v) is 13.1. The molecule has 0 spiro atoms. The van der Waals surface area contributed by atoms with E-state index < -0.39 is 0 Å². The molecule has 0 aromatic carbocycles. The molecule has 2 rings (SSSR count). The Morgan fingerprint density at radius 2 is 2.40 bits per heavy atom. The van der Waals surface area contributed by atoms with Crippen molar-refractivity contribution in [3.05, 3.63) is 23.0 Å². The third-order valence-electron chi connectivity index (χ3n) is 3.30. The molecule has 0 radical (unpaired) electrons. The Hall–Kier alpha value is -1.04. The summed E-state index contributed by atoms with van der Waals surface area (Å²) in [6, 6.07) is 2.30. The van der Waals surface area contributed by atoms with Crippen LogP contribution in [-0.2, 0) is 11.3 Å². The Bertz CT molecular complexity index is 471. The average molecular weight is 320 g/mol. The maximum atomic E-state index is 10.9. The van der Waals surface area contributed by atoms with Crippen molar-refractivity contribution < 1.29 is 9.53 Å². The molecule has 1 aliphatic rings. The van der Waals surface area contributed by atoms with Gasteiger partial charge in [0.25, 0.3) is 0 Å². The van der Waals surface area contributed by atoms with Crippen molar-refractivity contribution in [1.29, 1.82) is 0 Å². The lowest BCUT2D eigenvalue weighted by Crippen LogP contribution is -2.48. The number of halogens is 2. The maximum absolute atomic E-state index is 10.9. The first kappa shape index (κ1) is 17.0. The van der Waals surface area contributed by atoms with Crippen molar-refractivity contribution in [2.45, 2.75) is 25.9 Å². The molecule has 1 amide bonds. The van der Waals surface area contributed by atoms with Gasteiger partial charge >= 0.3 is 0 Å². The lowest BCUT2D eigenvalue weighted by molar-refractivity contribution is -0.119. The summed E-state index contributed by atoms with van der Waals surface area (Å²) in [7, 11) is 2.08. The average Bonchev–Trinajstić information content (AvgIpc) is 2.37. The minimum Gasteiger partial charge on any atom is -0.490 e. The Morgan fingerprint density at radius 1 is 1.65 bits per heavy atom. The number of likely N-dealkylation sites (tertiary alicyclic amines) is 1. The van der Waals surface area contributed by atoms with Gasteiger partial charge in [0.1, 0.15) is 17.5 Å². The Morgan fingerprint density at radius 3 is 2.95 bits per heavy atom. The standard InChI is InChI=1S/C13H18ClN3O2.ClH/c1-9(18)15-6-10-5-12(7-16-13(10)14)19-8-11-3-4-17(11)2;/h5,7,11H,3-4,6,8H2,1-2H3,(H,15,18);1H/t11-;/m0./s1. The van der Waals surface area contributed by atoms with Gasteiger partial charge < -0.3 is 10.1 Å². The highest BCUT2D eigenvalue weighted by atomic mass is 35.5. The predicted molar refractivity (Wildman–Crippen MR) is 80.5 cm³/mol. The number of rotatable bonds is 5. The number of hydrogen-bond donors (Lipinski definition) is 1. The molecule has 5 nitrogen and oxygen atoms in total. The minimum atomic E-state index is -0.0986. The summed E-state index contributed by atoms with van der Waals surface area (Å²) < 4.78 is 5.71. The fourth-order valence-electron chi connectivity index (χ4n) is 1.87. The van der Waals surface area contributed by atoms with E-state index >= 15 is 0 Å². The third kappa shape index (κ3) is 4.51. The topological polar surface area (TPSA) is 54.5 Å². The molecule has 20 heavy (non-hydrogen) atoms. The van der Waals surface area contributed by atoms with Crippen LogP contribution < -0.4 is 10.1 Å². The summed E-state index contributed by atoms with van der Waals surface area (Å²) in [4.78, 5) is 17.2. The normalized spacial score (nSPS) is 17.9. The van der Waals surface area contributed by atoms with Crippen LogP contribution in [0.4, 0.5) is 0 Å². The van der Waals surface area contributed by atoms with Gasteiger partial charge in [-0.3, -0.25) is 9.69 Å². The highest BCUT2D eigenvalue weighted by Gasteiger charge is 2.24. The van der Waals surface area contributed by atoms with Crippen LogP contribution in [0.2, 0.25) is 5.15 Å². The summed E-state index contributed by atoms with van der Waals surface area (Å²) in [5, 5.41) is 3.09. The Kier molecular flexibility index (Phi) is 6.52. The molecule has 0 unspecified atom stereocenters. The van der Waals surface area contributed by atoms with Gasteiger partial charge in [0.2, 0.25) is 5.91 Å². The van der Waals surface area contributed by atoms with Crippen molar-refractivity contribution in [3.8, 4) is 5.75 Å². The lowest BCUT2D eigenvalue weighted by Gasteiger charge is -2.37. The zero-order chi connectivity index (χ0) is 13.8. The second-order valence-electron chi connectivity index (χ2n) is 4.76. The van der Waals surface area contributed by atoms with Crippen LogP contribution in [0.1, 0.15) is 18.9 Å². The monoisotopic (exact) mass is 319 g/mol. The first-order chi connectivity index (χ1) is 9.06. The van der Waals surface area contributed by atoms with Gasteiger partial charge in [-0.2, -0.15) is 0 Å². The summed E-state index contributed by atoms with van der Waals surface area (Å²) in [6.07, 6.45) is 2.77. The number of nitrogens with zero attached hydrogens (tertiary/aromatic N) is 2. The molecule has 0 saturated carbocycles. The van der Waals surface area contributed by atoms with E-state index in [0.29, 0.717) is 30.1 Å². The molecular formula is C13H19Cl2N3O2. The molecule has 1 atom stereocenters. The highest BCUT2D eigenvalue weighted by Crippen LogP contribution is 2.21. The van der Waals surface area contributed by atoms with Gasteiger partial charge in [0, 0.05) is 25.1 Å².